The molecule has 0 aliphatic heterocycles. The molecule has 0 bridgehead atoms. The number of anilines is 1. The van der Waals surface area contributed by atoms with Crippen LogP contribution in [-0.2, 0) is 0 Å². The molecule has 1 aromatic heterocycles. The largest absolute Gasteiger partial charge is 0.386 e. The number of benzene rings is 1. The number of nitrogens with zero attached hydrogens (tertiary/aromatic N) is 1. The molecule has 0 atom stereocenters. The van der Waals surface area contributed by atoms with Crippen LogP contribution in [0, 0.1) is 5.41 Å². The van der Waals surface area contributed by atoms with Gasteiger partial charge in [0.1, 0.15) is 5.69 Å². The molecule has 1 saturated carbocycles. The Morgan fingerprint density at radius 2 is 1.96 bits per heavy atom. The van der Waals surface area contributed by atoms with Crippen LogP contribution in [0.15, 0.2) is 36.5 Å². The van der Waals surface area contributed by atoms with Gasteiger partial charge in [0, 0.05) is 18.8 Å². The summed E-state index contributed by atoms with van der Waals surface area (Å²) in [5.41, 5.74) is 3.91. The molecule has 2 aromatic rings. The minimum Gasteiger partial charge on any atom is -0.386 e. The number of carbonyl (C=O) groups is 1. The number of hydrogen-bond donors (Lipinski definition) is 2. The first-order valence-electron chi connectivity index (χ1n) is 8.50. The molecule has 134 valence electrons. The van der Waals surface area contributed by atoms with E-state index in [1.54, 1.807) is 19.2 Å². The fraction of sp³-hybridized carbons (Fsp3) is 0.350. The lowest BCUT2D eigenvalue weighted by atomic mass is 10.0. The highest BCUT2D eigenvalue weighted by molar-refractivity contribution is 6.33. The molecule has 1 aliphatic rings. The van der Waals surface area contributed by atoms with Crippen molar-refractivity contribution in [3.8, 4) is 0 Å². The van der Waals surface area contributed by atoms with Crippen molar-refractivity contribution in [2.45, 2.75) is 39.5 Å². The number of hydrogen-bond acceptors (Lipinski definition) is 4. The summed E-state index contributed by atoms with van der Waals surface area (Å²) in [6.45, 7) is 5.73. The molecule has 0 spiro atoms. The highest BCUT2D eigenvalue weighted by atomic mass is 35.5. The lowest BCUT2D eigenvalue weighted by Gasteiger charge is -2.04. The maximum Gasteiger partial charge on any atom is 0.151 e. The molecule has 0 saturated heterocycles. The number of rotatable bonds is 4. The second kappa shape index (κ2) is 10.6. The van der Waals surface area contributed by atoms with Crippen molar-refractivity contribution in [3.63, 3.8) is 0 Å². The van der Waals surface area contributed by atoms with Gasteiger partial charge in [0.25, 0.3) is 0 Å². The van der Waals surface area contributed by atoms with E-state index in [1.807, 2.05) is 45.2 Å². The molecule has 1 heterocycles. The maximum atomic E-state index is 10.7. The van der Waals surface area contributed by atoms with Crippen LogP contribution < -0.4 is 5.32 Å². The van der Waals surface area contributed by atoms with E-state index in [0.29, 0.717) is 22.2 Å². The zero-order chi connectivity index (χ0) is 18.8. The molecule has 1 aromatic carbocycles. The third-order valence-corrected chi connectivity index (χ3v) is 3.98. The van der Waals surface area contributed by atoms with E-state index < -0.39 is 0 Å². The maximum absolute atomic E-state index is 10.7. The molecule has 2 N–H and O–H groups in total. The molecule has 0 radical (unpaired) electrons. The second-order valence-corrected chi connectivity index (χ2v) is 5.82. The average Bonchev–Trinajstić information content (AvgIpc) is 3.48. The van der Waals surface area contributed by atoms with Gasteiger partial charge < -0.3 is 10.7 Å². The standard InChI is InChI=1S/C10H9ClO.C8H11N3.C2H6/c11-10-3-1-2-8(7-4-5-7)9(10)6-12;1-6(9)8-7(10-2)4-3-5-11-8;1-2/h1-3,6-7H,4-5H2;3-5,9-10H,1-2H3;1-2H3. The summed E-state index contributed by atoms with van der Waals surface area (Å²) in [5, 5.41) is 10.9. The Kier molecular flexibility index (Phi) is 8.86. The minimum absolute atomic E-state index is 0.481. The normalized spacial score (nSPS) is 12.0. The van der Waals surface area contributed by atoms with Gasteiger partial charge in [0.05, 0.1) is 16.4 Å². The zero-order valence-electron chi connectivity index (χ0n) is 15.3. The Hall–Kier alpha value is -2.20. The molecule has 3 rings (SSSR count). The number of carbonyl (C=O) groups excluding carboxylic acids is 1. The number of pyridine rings is 1. The highest BCUT2D eigenvalue weighted by Gasteiger charge is 2.26. The van der Waals surface area contributed by atoms with Crippen LogP contribution in [0.4, 0.5) is 5.69 Å². The number of halogens is 1. The van der Waals surface area contributed by atoms with Gasteiger partial charge >= 0.3 is 0 Å². The minimum atomic E-state index is 0.481. The number of nitrogens with one attached hydrogen (secondary N) is 2. The summed E-state index contributed by atoms with van der Waals surface area (Å²) in [6.07, 6.45) is 4.94. The first-order chi connectivity index (χ1) is 12.1. The van der Waals surface area contributed by atoms with Gasteiger partial charge in [-0.1, -0.05) is 37.6 Å². The first kappa shape index (κ1) is 20.8. The van der Waals surface area contributed by atoms with Gasteiger partial charge in [-0.2, -0.15) is 0 Å². The topological polar surface area (TPSA) is 65.8 Å². The number of aldehydes is 1. The summed E-state index contributed by atoms with van der Waals surface area (Å²) < 4.78 is 0. The molecule has 5 heteroatoms. The van der Waals surface area contributed by atoms with E-state index in [9.17, 15) is 4.79 Å². The zero-order valence-corrected chi connectivity index (χ0v) is 16.0. The van der Waals surface area contributed by atoms with Crippen LogP contribution in [0.2, 0.25) is 5.02 Å². The van der Waals surface area contributed by atoms with Gasteiger partial charge in [-0.15, -0.1) is 0 Å². The molecular weight excluding hydrogens is 334 g/mol. The van der Waals surface area contributed by atoms with Crippen LogP contribution in [0.25, 0.3) is 0 Å². The van der Waals surface area contributed by atoms with E-state index in [1.165, 1.54) is 12.8 Å². The quantitative estimate of drug-likeness (QED) is 0.554. The van der Waals surface area contributed by atoms with Crippen LogP contribution in [0.1, 0.15) is 61.1 Å². The Balaban J connectivity index is 0.000000229. The highest BCUT2D eigenvalue weighted by Crippen LogP contribution is 2.42. The van der Waals surface area contributed by atoms with E-state index in [-0.39, 0.29) is 0 Å². The van der Waals surface area contributed by atoms with Crippen LogP contribution in [0.3, 0.4) is 0 Å². The predicted molar refractivity (Wildman–Crippen MR) is 106 cm³/mol. The van der Waals surface area contributed by atoms with Crippen LogP contribution in [-0.4, -0.2) is 24.0 Å². The van der Waals surface area contributed by atoms with Crippen molar-refractivity contribution in [3.05, 3.63) is 58.4 Å². The lowest BCUT2D eigenvalue weighted by Crippen LogP contribution is -2.02. The fourth-order valence-electron chi connectivity index (χ4n) is 2.33. The molecule has 25 heavy (non-hydrogen) atoms. The molecular formula is C20H26ClN3O. The molecule has 0 unspecified atom stereocenters. The van der Waals surface area contributed by atoms with Gasteiger partial charge in [-0.3, -0.25) is 9.78 Å². The van der Waals surface area contributed by atoms with Gasteiger partial charge in [-0.05, 0) is 49.4 Å². The van der Waals surface area contributed by atoms with Crippen molar-refractivity contribution >= 4 is 29.3 Å². The lowest BCUT2D eigenvalue weighted by molar-refractivity contribution is 0.112. The van der Waals surface area contributed by atoms with E-state index in [2.05, 4.69) is 10.3 Å². The SMILES string of the molecule is CC.CNc1cccnc1C(C)=N.O=Cc1c(Cl)cccc1C1CC1. The van der Waals surface area contributed by atoms with Crippen LogP contribution in [0.5, 0.6) is 0 Å². The Labute approximate surface area is 155 Å². The van der Waals surface area contributed by atoms with E-state index in [4.69, 9.17) is 17.0 Å². The summed E-state index contributed by atoms with van der Waals surface area (Å²) in [4.78, 5) is 14.8. The smallest absolute Gasteiger partial charge is 0.151 e. The second-order valence-electron chi connectivity index (χ2n) is 5.41. The van der Waals surface area contributed by atoms with Crippen LogP contribution >= 0.6 is 11.6 Å². The average molecular weight is 360 g/mol. The summed E-state index contributed by atoms with van der Waals surface area (Å²) >= 11 is 5.87. The van der Waals surface area contributed by atoms with Crippen molar-refractivity contribution in [2.24, 2.45) is 0 Å². The summed E-state index contributed by atoms with van der Waals surface area (Å²) in [6, 6.07) is 9.41. The Bertz CT molecular complexity index is 712. The molecule has 1 aliphatic carbocycles. The predicted octanol–water partition coefficient (Wildman–Crippen LogP) is 5.57. The number of aromatic nitrogens is 1. The van der Waals surface area contributed by atoms with Crippen molar-refractivity contribution < 1.29 is 4.79 Å². The van der Waals surface area contributed by atoms with Gasteiger partial charge in [-0.25, -0.2) is 0 Å². The third kappa shape index (κ3) is 5.98. The van der Waals surface area contributed by atoms with Crippen molar-refractivity contribution in [2.75, 3.05) is 12.4 Å². The molecule has 1 fully saturated rings. The summed E-state index contributed by atoms with van der Waals surface area (Å²) in [5.74, 6) is 0.587. The molecule has 4 nitrogen and oxygen atoms in total. The Morgan fingerprint density at radius 3 is 2.44 bits per heavy atom. The van der Waals surface area contributed by atoms with Crippen molar-refractivity contribution in [1.29, 1.82) is 5.41 Å². The fourth-order valence-corrected chi connectivity index (χ4v) is 2.56. The van der Waals surface area contributed by atoms with E-state index >= 15 is 0 Å². The summed E-state index contributed by atoms with van der Waals surface area (Å²) in [7, 11) is 1.82. The monoisotopic (exact) mass is 359 g/mol. The third-order valence-electron chi connectivity index (χ3n) is 3.65. The van der Waals surface area contributed by atoms with E-state index in [0.717, 1.165) is 23.2 Å². The molecule has 0 amide bonds. The first-order valence-corrected chi connectivity index (χ1v) is 8.88. The van der Waals surface area contributed by atoms with Crippen molar-refractivity contribution in [1.82, 2.24) is 4.98 Å². The van der Waals surface area contributed by atoms with Gasteiger partial charge in [0.2, 0.25) is 0 Å². The van der Waals surface area contributed by atoms with Gasteiger partial charge in [0.15, 0.2) is 6.29 Å². The Morgan fingerprint density at radius 1 is 1.28 bits per heavy atom.